The third-order valence-electron chi connectivity index (χ3n) is 3.69. The highest BCUT2D eigenvalue weighted by Gasteiger charge is 2.18. The molecule has 0 radical (unpaired) electrons. The van der Waals surface area contributed by atoms with Crippen LogP contribution in [0.1, 0.15) is 32.3 Å². The fraction of sp³-hybridized carbons (Fsp3) is 0.625. The molecule has 18 heavy (non-hydrogen) atoms. The zero-order valence-corrected chi connectivity index (χ0v) is 12.2. The van der Waals surface area contributed by atoms with E-state index in [1.807, 2.05) is 13.1 Å². The first-order chi connectivity index (χ1) is 8.72. The molecule has 2 heteroatoms. The summed E-state index contributed by atoms with van der Waals surface area (Å²) >= 11 is 0. The van der Waals surface area contributed by atoms with Gasteiger partial charge in [0.1, 0.15) is 5.75 Å². The topological polar surface area (TPSA) is 21.3 Å². The molecule has 2 atom stereocenters. The van der Waals surface area contributed by atoms with E-state index in [0.717, 1.165) is 24.6 Å². The zero-order valence-electron chi connectivity index (χ0n) is 12.2. The summed E-state index contributed by atoms with van der Waals surface area (Å²) in [6, 6.07) is 8.36. The molecule has 2 nitrogen and oxygen atoms in total. The minimum Gasteiger partial charge on any atom is -0.496 e. The highest BCUT2D eigenvalue weighted by molar-refractivity contribution is 5.33. The fourth-order valence-corrected chi connectivity index (χ4v) is 2.58. The summed E-state index contributed by atoms with van der Waals surface area (Å²) < 4.78 is 5.44. The fourth-order valence-electron chi connectivity index (χ4n) is 2.58. The van der Waals surface area contributed by atoms with Crippen LogP contribution >= 0.6 is 0 Å². The molecule has 1 N–H and O–H groups in total. The van der Waals surface area contributed by atoms with E-state index in [1.54, 1.807) is 7.11 Å². The van der Waals surface area contributed by atoms with Crippen molar-refractivity contribution in [2.45, 2.75) is 33.1 Å². The first kappa shape index (κ1) is 15.0. The molecular formula is C16H27NO. The molecule has 0 aliphatic rings. The Morgan fingerprint density at radius 3 is 2.61 bits per heavy atom. The summed E-state index contributed by atoms with van der Waals surface area (Å²) in [5.74, 6) is 2.43. The van der Waals surface area contributed by atoms with Crippen LogP contribution in [0.4, 0.5) is 0 Å². The van der Waals surface area contributed by atoms with Crippen molar-refractivity contribution in [1.29, 1.82) is 0 Å². The molecule has 102 valence electrons. The van der Waals surface area contributed by atoms with Gasteiger partial charge in [-0.25, -0.2) is 0 Å². The Bertz CT molecular complexity index is 338. The molecule has 0 saturated heterocycles. The van der Waals surface area contributed by atoms with Gasteiger partial charge in [-0.05, 0) is 43.5 Å². The standard InChI is InChI=1S/C16H27NO/c1-5-8-13(2)15(12-17-3)11-14-9-6-7-10-16(14)18-4/h6-7,9-10,13,15,17H,5,8,11-12H2,1-4H3. The van der Waals surface area contributed by atoms with Crippen LogP contribution in [-0.4, -0.2) is 20.7 Å². The number of rotatable bonds is 8. The Labute approximate surface area is 112 Å². The van der Waals surface area contributed by atoms with Crippen LogP contribution in [-0.2, 0) is 6.42 Å². The van der Waals surface area contributed by atoms with Gasteiger partial charge in [-0.1, -0.05) is 44.9 Å². The lowest BCUT2D eigenvalue weighted by Crippen LogP contribution is -2.26. The van der Waals surface area contributed by atoms with Crippen molar-refractivity contribution in [2.75, 3.05) is 20.7 Å². The SMILES string of the molecule is CCCC(C)C(CNC)Cc1ccccc1OC. The van der Waals surface area contributed by atoms with E-state index >= 15 is 0 Å². The number of ether oxygens (including phenoxy) is 1. The van der Waals surface area contributed by atoms with E-state index in [2.05, 4.69) is 37.4 Å². The molecule has 1 aromatic rings. The zero-order chi connectivity index (χ0) is 13.4. The Morgan fingerprint density at radius 2 is 2.00 bits per heavy atom. The van der Waals surface area contributed by atoms with E-state index in [-0.39, 0.29) is 0 Å². The lowest BCUT2D eigenvalue weighted by Gasteiger charge is -2.24. The molecule has 0 amide bonds. The summed E-state index contributed by atoms with van der Waals surface area (Å²) in [7, 11) is 3.79. The Balaban J connectivity index is 2.75. The predicted molar refractivity (Wildman–Crippen MR) is 78.2 cm³/mol. The first-order valence-electron chi connectivity index (χ1n) is 6.99. The van der Waals surface area contributed by atoms with Crippen molar-refractivity contribution in [3.63, 3.8) is 0 Å². The summed E-state index contributed by atoms with van der Waals surface area (Å²) in [6.45, 7) is 5.69. The van der Waals surface area contributed by atoms with E-state index in [9.17, 15) is 0 Å². The van der Waals surface area contributed by atoms with Gasteiger partial charge in [0.05, 0.1) is 7.11 Å². The van der Waals surface area contributed by atoms with Gasteiger partial charge in [-0.3, -0.25) is 0 Å². The van der Waals surface area contributed by atoms with Crippen molar-refractivity contribution in [2.24, 2.45) is 11.8 Å². The maximum atomic E-state index is 5.44. The average molecular weight is 249 g/mol. The van der Waals surface area contributed by atoms with E-state index in [1.165, 1.54) is 18.4 Å². The number of methoxy groups -OCH3 is 1. The molecule has 1 rings (SSSR count). The van der Waals surface area contributed by atoms with Gasteiger partial charge < -0.3 is 10.1 Å². The van der Waals surface area contributed by atoms with Gasteiger partial charge in [-0.15, -0.1) is 0 Å². The van der Waals surface area contributed by atoms with Gasteiger partial charge in [0, 0.05) is 0 Å². The molecule has 2 unspecified atom stereocenters. The molecule has 0 saturated carbocycles. The van der Waals surface area contributed by atoms with Crippen molar-refractivity contribution >= 4 is 0 Å². The van der Waals surface area contributed by atoms with Gasteiger partial charge in [0.15, 0.2) is 0 Å². The minimum absolute atomic E-state index is 0.672. The molecule has 0 aliphatic heterocycles. The van der Waals surface area contributed by atoms with Gasteiger partial charge in [0.25, 0.3) is 0 Å². The lowest BCUT2D eigenvalue weighted by molar-refractivity contribution is 0.319. The van der Waals surface area contributed by atoms with Crippen molar-refractivity contribution in [3.8, 4) is 5.75 Å². The number of nitrogens with one attached hydrogen (secondary N) is 1. The van der Waals surface area contributed by atoms with E-state index in [4.69, 9.17) is 4.74 Å². The third kappa shape index (κ3) is 4.34. The first-order valence-corrected chi connectivity index (χ1v) is 6.99. The summed E-state index contributed by atoms with van der Waals surface area (Å²) in [5, 5.41) is 3.32. The highest BCUT2D eigenvalue weighted by atomic mass is 16.5. The second kappa shape index (κ2) is 8.15. The van der Waals surface area contributed by atoms with Gasteiger partial charge >= 0.3 is 0 Å². The smallest absolute Gasteiger partial charge is 0.122 e. The minimum atomic E-state index is 0.672. The van der Waals surface area contributed by atoms with E-state index < -0.39 is 0 Å². The van der Waals surface area contributed by atoms with Crippen LogP contribution in [0, 0.1) is 11.8 Å². The third-order valence-corrected chi connectivity index (χ3v) is 3.69. The highest BCUT2D eigenvalue weighted by Crippen LogP contribution is 2.26. The van der Waals surface area contributed by atoms with Crippen LogP contribution in [0.3, 0.4) is 0 Å². The van der Waals surface area contributed by atoms with Crippen LogP contribution in [0.25, 0.3) is 0 Å². The van der Waals surface area contributed by atoms with Crippen LogP contribution in [0.15, 0.2) is 24.3 Å². The van der Waals surface area contributed by atoms with Crippen LogP contribution in [0.2, 0.25) is 0 Å². The summed E-state index contributed by atoms with van der Waals surface area (Å²) in [4.78, 5) is 0. The van der Waals surface area contributed by atoms with Crippen molar-refractivity contribution in [3.05, 3.63) is 29.8 Å². The maximum Gasteiger partial charge on any atom is 0.122 e. The number of benzene rings is 1. The maximum absolute atomic E-state index is 5.44. The number of hydrogen-bond donors (Lipinski definition) is 1. The molecule has 0 spiro atoms. The Hall–Kier alpha value is -1.02. The average Bonchev–Trinajstić information content (AvgIpc) is 2.39. The normalized spacial score (nSPS) is 14.2. The molecule has 0 bridgehead atoms. The summed E-state index contributed by atoms with van der Waals surface area (Å²) in [5.41, 5.74) is 1.32. The molecule has 0 fully saturated rings. The van der Waals surface area contributed by atoms with E-state index in [0.29, 0.717) is 5.92 Å². The Kier molecular flexibility index (Phi) is 6.81. The summed E-state index contributed by atoms with van der Waals surface area (Å²) in [6.07, 6.45) is 3.64. The number of para-hydroxylation sites is 1. The second-order valence-electron chi connectivity index (χ2n) is 5.10. The molecule has 1 aromatic carbocycles. The largest absolute Gasteiger partial charge is 0.496 e. The lowest BCUT2D eigenvalue weighted by atomic mass is 9.85. The monoisotopic (exact) mass is 249 g/mol. The van der Waals surface area contributed by atoms with Crippen molar-refractivity contribution < 1.29 is 4.74 Å². The van der Waals surface area contributed by atoms with Gasteiger partial charge in [0.2, 0.25) is 0 Å². The molecule has 0 aliphatic carbocycles. The quantitative estimate of drug-likeness (QED) is 0.761. The van der Waals surface area contributed by atoms with Gasteiger partial charge in [-0.2, -0.15) is 0 Å². The molecule has 0 aromatic heterocycles. The molecular weight excluding hydrogens is 222 g/mol. The molecule has 0 heterocycles. The van der Waals surface area contributed by atoms with Crippen LogP contribution in [0.5, 0.6) is 5.75 Å². The number of hydrogen-bond acceptors (Lipinski definition) is 2. The second-order valence-corrected chi connectivity index (χ2v) is 5.10. The van der Waals surface area contributed by atoms with Crippen LogP contribution < -0.4 is 10.1 Å². The van der Waals surface area contributed by atoms with Crippen molar-refractivity contribution in [1.82, 2.24) is 5.32 Å². The predicted octanol–water partition coefficient (Wildman–Crippen LogP) is 3.51. The Morgan fingerprint density at radius 1 is 1.28 bits per heavy atom.